The molecule has 6 unspecified atom stereocenters. The molecule has 0 radical (unpaired) electrons. The van der Waals surface area contributed by atoms with Crippen molar-refractivity contribution in [3.8, 4) is 23.3 Å². The Kier molecular flexibility index (Phi) is 14.3. The average molecular weight is 910 g/mol. The second kappa shape index (κ2) is 21.0. The number of benzene rings is 6. The number of rotatable bonds is 19. The smallest absolute Gasteiger partial charge is 0.254 e. The van der Waals surface area contributed by atoms with Gasteiger partial charge in [0.1, 0.15) is 29.9 Å². The second-order valence-electron chi connectivity index (χ2n) is 18.1. The maximum atomic E-state index is 15.6. The molecule has 1 amide bonds. The number of aliphatic hydroxyl groups excluding tert-OH is 2. The third kappa shape index (κ3) is 9.26. The van der Waals surface area contributed by atoms with Crippen LogP contribution in [-0.2, 0) is 16.1 Å². The average Bonchev–Trinajstić information content (AvgIpc) is 3.37. The van der Waals surface area contributed by atoms with E-state index in [1.165, 1.54) is 0 Å². The fraction of sp³-hybridized carbons (Fsp3) is 0.328. The summed E-state index contributed by atoms with van der Waals surface area (Å²) < 4.78 is 21.5. The van der Waals surface area contributed by atoms with Gasteiger partial charge < -0.3 is 34.2 Å². The van der Waals surface area contributed by atoms with E-state index in [1.807, 2.05) is 66.4 Å². The highest BCUT2D eigenvalue weighted by atomic mass is 16.7. The molecule has 0 spiro atoms. The van der Waals surface area contributed by atoms with E-state index in [0.717, 1.165) is 69.6 Å². The third-order valence-electron chi connectivity index (χ3n) is 14.0. The van der Waals surface area contributed by atoms with E-state index in [2.05, 4.69) is 67.3 Å². The molecule has 0 bridgehead atoms. The molecule has 348 valence electrons. The molecule has 10 heteroatoms. The zero-order valence-corrected chi connectivity index (χ0v) is 38.6. The summed E-state index contributed by atoms with van der Waals surface area (Å²) in [5.74, 6) is -0.345. The van der Waals surface area contributed by atoms with Gasteiger partial charge in [-0.3, -0.25) is 4.79 Å². The minimum Gasteiger partial charge on any atom is -0.459 e. The van der Waals surface area contributed by atoms with E-state index in [9.17, 15) is 15.5 Å². The second-order valence-corrected chi connectivity index (χ2v) is 18.1. The lowest BCUT2D eigenvalue weighted by Crippen LogP contribution is -2.70. The first kappa shape index (κ1) is 46.3. The van der Waals surface area contributed by atoms with Gasteiger partial charge in [-0.05, 0) is 132 Å². The molecule has 6 aromatic rings. The summed E-state index contributed by atoms with van der Waals surface area (Å²) in [6.07, 6.45) is 8.90. The first-order valence-electron chi connectivity index (χ1n) is 24.0. The van der Waals surface area contributed by atoms with E-state index >= 15 is 4.79 Å². The summed E-state index contributed by atoms with van der Waals surface area (Å²) in [7, 11) is 0. The number of carbonyl (C=O) groups excluding carboxylic acids is 1. The largest absolute Gasteiger partial charge is 0.459 e. The van der Waals surface area contributed by atoms with Crippen molar-refractivity contribution in [2.45, 2.75) is 76.2 Å². The highest BCUT2D eigenvalue weighted by Gasteiger charge is 2.65. The van der Waals surface area contributed by atoms with Crippen LogP contribution in [0.3, 0.4) is 0 Å². The Hall–Kier alpha value is -6.77. The quantitative estimate of drug-likeness (QED) is 0.0466. The summed E-state index contributed by atoms with van der Waals surface area (Å²) in [6, 6.07) is 42.9. The molecule has 6 atom stereocenters. The number of fused-ring (bicyclic) bond motifs is 4. The summed E-state index contributed by atoms with van der Waals surface area (Å²) >= 11 is 0. The topological polar surface area (TPSA) is 134 Å². The van der Waals surface area contributed by atoms with Crippen molar-refractivity contribution in [3.63, 3.8) is 0 Å². The number of oxime groups is 1. The number of nitriles is 1. The number of allylic oxidation sites excluding steroid dienone is 1. The third-order valence-corrected chi connectivity index (χ3v) is 14.0. The predicted molar refractivity (Wildman–Crippen MR) is 266 cm³/mol. The SMILES string of the molecule is C=CCOC12Oc3ccc(Oc4ccc5ccccc5c4)cc3C3C(CCCCO)C(CCCCO)C=C(C(=NOCC)CC1N(Cc1cccc4ccccc14)C(=O)c1ccc(C#N)cc1)C32. The van der Waals surface area contributed by atoms with Crippen LogP contribution in [0.25, 0.3) is 21.5 Å². The Bertz CT molecular complexity index is 2860. The van der Waals surface area contributed by atoms with Gasteiger partial charge in [0.25, 0.3) is 5.91 Å². The van der Waals surface area contributed by atoms with Gasteiger partial charge in [0.05, 0.1) is 29.9 Å². The van der Waals surface area contributed by atoms with Crippen LogP contribution in [0.4, 0.5) is 0 Å². The lowest BCUT2D eigenvalue weighted by molar-refractivity contribution is -0.255. The fourth-order valence-corrected chi connectivity index (χ4v) is 11.0. The zero-order valence-electron chi connectivity index (χ0n) is 38.6. The molecule has 2 N–H and O–H groups in total. The Morgan fingerprint density at radius 3 is 2.35 bits per heavy atom. The van der Waals surface area contributed by atoms with Crippen LogP contribution in [0.5, 0.6) is 17.2 Å². The Morgan fingerprint density at radius 1 is 0.868 bits per heavy atom. The predicted octanol–water partition coefficient (Wildman–Crippen LogP) is 11.7. The molecule has 1 saturated carbocycles. The molecule has 1 aliphatic heterocycles. The molecule has 3 aliphatic rings. The number of carbonyl (C=O) groups is 1. The fourth-order valence-electron chi connectivity index (χ4n) is 11.0. The molecule has 6 aromatic carbocycles. The van der Waals surface area contributed by atoms with Gasteiger partial charge in [0, 0.05) is 43.2 Å². The molecule has 1 heterocycles. The van der Waals surface area contributed by atoms with Crippen LogP contribution in [-0.4, -0.2) is 65.0 Å². The highest BCUT2D eigenvalue weighted by Crippen LogP contribution is 2.62. The van der Waals surface area contributed by atoms with Crippen molar-refractivity contribution in [1.29, 1.82) is 5.26 Å². The van der Waals surface area contributed by atoms with Gasteiger partial charge in [-0.2, -0.15) is 5.26 Å². The molecule has 10 nitrogen and oxygen atoms in total. The van der Waals surface area contributed by atoms with Crippen LogP contribution >= 0.6 is 0 Å². The minimum absolute atomic E-state index is 0.0344. The van der Waals surface area contributed by atoms with E-state index < -0.39 is 17.7 Å². The number of hydrogen-bond donors (Lipinski definition) is 2. The van der Waals surface area contributed by atoms with Gasteiger partial charge in [-0.25, -0.2) is 0 Å². The van der Waals surface area contributed by atoms with E-state index in [0.29, 0.717) is 47.8 Å². The molecular formula is C58H59N3O7. The van der Waals surface area contributed by atoms with Crippen LogP contribution < -0.4 is 9.47 Å². The summed E-state index contributed by atoms with van der Waals surface area (Å²) in [4.78, 5) is 23.5. The Morgan fingerprint density at radius 2 is 1.59 bits per heavy atom. The van der Waals surface area contributed by atoms with E-state index in [4.69, 9.17) is 24.2 Å². The number of unbranched alkanes of at least 4 members (excludes halogenated alkanes) is 2. The van der Waals surface area contributed by atoms with Gasteiger partial charge in [-0.15, -0.1) is 6.58 Å². The van der Waals surface area contributed by atoms with Gasteiger partial charge in [0.2, 0.25) is 5.79 Å². The Balaban J connectivity index is 1.27. The van der Waals surface area contributed by atoms with Crippen LogP contribution in [0.15, 0.2) is 157 Å². The molecule has 2 aliphatic carbocycles. The summed E-state index contributed by atoms with van der Waals surface area (Å²) in [5.41, 5.74) is 4.47. The van der Waals surface area contributed by atoms with E-state index in [1.54, 1.807) is 30.3 Å². The van der Waals surface area contributed by atoms with Crippen molar-refractivity contribution >= 4 is 33.2 Å². The van der Waals surface area contributed by atoms with Crippen LogP contribution in [0.1, 0.15) is 84.8 Å². The van der Waals surface area contributed by atoms with Crippen molar-refractivity contribution in [2.75, 3.05) is 26.4 Å². The maximum Gasteiger partial charge on any atom is 0.254 e. The highest BCUT2D eigenvalue weighted by molar-refractivity contribution is 6.03. The number of hydrogen-bond acceptors (Lipinski definition) is 9. The molecule has 0 aromatic heterocycles. The lowest BCUT2D eigenvalue weighted by atomic mass is 9.55. The van der Waals surface area contributed by atoms with Gasteiger partial charge >= 0.3 is 0 Å². The van der Waals surface area contributed by atoms with Crippen LogP contribution in [0, 0.1) is 29.1 Å². The number of amides is 1. The molecule has 9 rings (SSSR count). The Labute approximate surface area is 398 Å². The number of aliphatic hydroxyl groups is 2. The summed E-state index contributed by atoms with van der Waals surface area (Å²) in [5, 5.41) is 39.0. The standard InChI is InChI=1S/C58H59N3O7/c1-3-32-65-58-54(61(57(64)42-24-22-39(37-59)23-25-42)38-45-19-13-18-41-15-7-8-20-48(41)45)36-52(60-66-4-2)50-34-44(17-9-11-30-62)49(21-10-12-31-63)55(56(50)58)51-35-47(28-29-53(51)68-58)67-46-27-26-40-14-5-6-16-43(40)33-46/h3,5-8,13-16,18-20,22-29,33-35,44,49,54-56,62-63H,1,4,9-12,17,21,30-32,36,38H2,2H3. The zero-order chi connectivity index (χ0) is 47.0. The molecular weight excluding hydrogens is 851 g/mol. The van der Waals surface area contributed by atoms with E-state index in [-0.39, 0.29) is 56.4 Å². The molecule has 0 saturated heterocycles. The first-order chi connectivity index (χ1) is 33.4. The van der Waals surface area contributed by atoms with Crippen molar-refractivity contribution in [1.82, 2.24) is 4.90 Å². The normalized spacial score (nSPS) is 22.1. The molecule has 1 fully saturated rings. The van der Waals surface area contributed by atoms with Crippen molar-refractivity contribution < 1.29 is 34.1 Å². The minimum atomic E-state index is -1.47. The summed E-state index contributed by atoms with van der Waals surface area (Å²) in [6.45, 7) is 6.89. The first-order valence-corrected chi connectivity index (χ1v) is 24.0. The van der Waals surface area contributed by atoms with Crippen molar-refractivity contribution in [3.05, 3.63) is 174 Å². The molecule has 68 heavy (non-hydrogen) atoms. The lowest BCUT2D eigenvalue weighted by Gasteiger charge is -2.60. The monoisotopic (exact) mass is 909 g/mol. The number of ether oxygens (including phenoxy) is 3. The van der Waals surface area contributed by atoms with Gasteiger partial charge in [-0.1, -0.05) is 103 Å². The number of nitrogens with zero attached hydrogens (tertiary/aromatic N) is 3. The van der Waals surface area contributed by atoms with Crippen molar-refractivity contribution in [2.24, 2.45) is 22.9 Å². The van der Waals surface area contributed by atoms with Gasteiger partial charge in [0.15, 0.2) is 0 Å². The maximum absolute atomic E-state index is 15.6. The van der Waals surface area contributed by atoms with Crippen LogP contribution in [0.2, 0.25) is 0 Å².